The van der Waals surface area contributed by atoms with Gasteiger partial charge in [0.2, 0.25) is 10.0 Å². The Morgan fingerprint density at radius 3 is 2.26 bits per heavy atom. The molecule has 19 heavy (non-hydrogen) atoms. The summed E-state index contributed by atoms with van der Waals surface area (Å²) >= 11 is 5.15. The van der Waals surface area contributed by atoms with Crippen LogP contribution in [-0.2, 0) is 10.0 Å². The summed E-state index contributed by atoms with van der Waals surface area (Å²) in [4.78, 5) is 0.307. The molecule has 0 spiro atoms. The van der Waals surface area contributed by atoms with Crippen molar-refractivity contribution in [2.45, 2.75) is 57.4 Å². The summed E-state index contributed by atoms with van der Waals surface area (Å²) in [7, 11) is -3.26. The number of hydrogen-bond donors (Lipinski definition) is 2. The zero-order valence-electron chi connectivity index (χ0n) is 11.5. The van der Waals surface area contributed by atoms with E-state index in [4.69, 9.17) is 18.0 Å². The van der Waals surface area contributed by atoms with Gasteiger partial charge < -0.3 is 5.73 Å². The number of nitrogens with two attached hydrogens (primary N) is 1. The number of sulfonamides is 1. The highest BCUT2D eigenvalue weighted by molar-refractivity contribution is 7.89. The second kappa shape index (κ2) is 5.66. The topological polar surface area (TPSA) is 72.2 Å². The molecule has 3 N–H and O–H groups in total. The zero-order chi connectivity index (χ0) is 14.1. The van der Waals surface area contributed by atoms with E-state index in [0.717, 1.165) is 44.9 Å². The molecule has 0 unspecified atom stereocenters. The van der Waals surface area contributed by atoms with E-state index in [1.54, 1.807) is 0 Å². The van der Waals surface area contributed by atoms with Crippen LogP contribution in [0.2, 0.25) is 0 Å². The second-order valence-corrected chi connectivity index (χ2v) is 8.33. The average molecular weight is 304 g/mol. The molecule has 2 saturated carbocycles. The van der Waals surface area contributed by atoms with Gasteiger partial charge in [-0.2, -0.15) is 0 Å². The Morgan fingerprint density at radius 1 is 1.26 bits per heavy atom. The second-order valence-electron chi connectivity index (χ2n) is 6.12. The summed E-state index contributed by atoms with van der Waals surface area (Å²) in [5, 5.41) is 0. The monoisotopic (exact) mass is 304 g/mol. The lowest BCUT2D eigenvalue weighted by molar-refractivity contribution is 0.269. The van der Waals surface area contributed by atoms with Crippen LogP contribution in [-0.4, -0.2) is 24.7 Å². The molecule has 0 radical (unpaired) electrons. The molecule has 0 saturated heterocycles. The van der Waals surface area contributed by atoms with Crippen molar-refractivity contribution in [1.29, 1.82) is 0 Å². The van der Waals surface area contributed by atoms with E-state index in [0.29, 0.717) is 16.8 Å². The van der Waals surface area contributed by atoms with Crippen molar-refractivity contribution in [2.24, 2.45) is 17.6 Å². The smallest absolute Gasteiger partial charge is 0.212 e. The van der Waals surface area contributed by atoms with Gasteiger partial charge in [-0.15, -0.1) is 0 Å². The van der Waals surface area contributed by atoms with E-state index in [1.807, 2.05) is 0 Å². The summed E-state index contributed by atoms with van der Waals surface area (Å²) in [5.74, 6) is 1.25. The molecule has 0 aromatic rings. The van der Waals surface area contributed by atoms with Crippen molar-refractivity contribution >= 4 is 27.2 Å². The molecule has 110 valence electrons. The third-order valence-corrected chi connectivity index (χ3v) is 6.51. The van der Waals surface area contributed by atoms with Crippen LogP contribution in [0.1, 0.15) is 51.9 Å². The van der Waals surface area contributed by atoms with Crippen LogP contribution in [0, 0.1) is 11.8 Å². The Kier molecular flexibility index (Phi) is 4.52. The van der Waals surface area contributed by atoms with Crippen LogP contribution in [0.3, 0.4) is 0 Å². The maximum atomic E-state index is 12.2. The zero-order valence-corrected chi connectivity index (χ0v) is 13.2. The van der Waals surface area contributed by atoms with E-state index >= 15 is 0 Å². The summed E-state index contributed by atoms with van der Waals surface area (Å²) in [6.07, 6.45) is 6.68. The molecule has 2 aliphatic rings. The van der Waals surface area contributed by atoms with Crippen molar-refractivity contribution in [1.82, 2.24) is 4.72 Å². The molecule has 0 aromatic carbocycles. The first-order valence-corrected chi connectivity index (χ1v) is 9.24. The third kappa shape index (κ3) is 3.89. The van der Waals surface area contributed by atoms with Crippen molar-refractivity contribution in [3.05, 3.63) is 0 Å². The molecule has 0 aliphatic heterocycles. The minimum absolute atomic E-state index is 0.231. The Morgan fingerprint density at radius 2 is 1.84 bits per heavy atom. The van der Waals surface area contributed by atoms with Crippen LogP contribution in [0.15, 0.2) is 0 Å². The fraction of sp³-hybridized carbons (Fsp3) is 0.923. The Bertz CT molecular complexity index is 436. The fourth-order valence-electron chi connectivity index (χ4n) is 2.91. The van der Waals surface area contributed by atoms with Gasteiger partial charge in [0.05, 0.1) is 16.3 Å². The molecular weight excluding hydrogens is 280 g/mol. The predicted octanol–water partition coefficient (Wildman–Crippen LogP) is 1.94. The maximum absolute atomic E-state index is 12.2. The quantitative estimate of drug-likeness (QED) is 0.736. The van der Waals surface area contributed by atoms with Crippen LogP contribution in [0.25, 0.3) is 0 Å². The molecule has 2 rings (SSSR count). The predicted molar refractivity (Wildman–Crippen MR) is 81.4 cm³/mol. The van der Waals surface area contributed by atoms with E-state index in [9.17, 15) is 8.42 Å². The van der Waals surface area contributed by atoms with Gasteiger partial charge in [-0.3, -0.25) is 0 Å². The standard InChI is InChI=1S/C13H24N2O2S2/c1-2-10-5-7-13(8-6-10,12(14)18)15-19(16,17)9-11-3-4-11/h10-11,15H,2-9H2,1H3,(H2,14,18). The highest BCUT2D eigenvalue weighted by Crippen LogP contribution is 2.36. The lowest BCUT2D eigenvalue weighted by atomic mass is 9.76. The van der Waals surface area contributed by atoms with Gasteiger partial charge in [0.15, 0.2) is 0 Å². The van der Waals surface area contributed by atoms with Crippen molar-refractivity contribution in [3.63, 3.8) is 0 Å². The summed E-state index contributed by atoms with van der Waals surface area (Å²) in [6.45, 7) is 2.18. The summed E-state index contributed by atoms with van der Waals surface area (Å²) < 4.78 is 27.2. The Hall–Kier alpha value is -0.200. The maximum Gasteiger partial charge on any atom is 0.212 e. The molecule has 6 heteroatoms. The molecule has 0 amide bonds. The Labute approximate surface area is 121 Å². The first-order valence-electron chi connectivity index (χ1n) is 7.18. The van der Waals surface area contributed by atoms with E-state index in [2.05, 4.69) is 11.6 Å². The van der Waals surface area contributed by atoms with E-state index < -0.39 is 15.6 Å². The van der Waals surface area contributed by atoms with Gasteiger partial charge in [0, 0.05) is 0 Å². The molecule has 0 aromatic heterocycles. The number of nitrogens with one attached hydrogen (secondary N) is 1. The largest absolute Gasteiger partial charge is 0.392 e. The third-order valence-electron chi connectivity index (χ3n) is 4.51. The molecule has 0 atom stereocenters. The van der Waals surface area contributed by atoms with Gasteiger partial charge in [-0.1, -0.05) is 25.6 Å². The van der Waals surface area contributed by atoms with Gasteiger partial charge in [-0.25, -0.2) is 13.1 Å². The van der Waals surface area contributed by atoms with Gasteiger partial charge in [-0.05, 0) is 50.4 Å². The lowest BCUT2D eigenvalue weighted by Gasteiger charge is -2.39. The molecular formula is C13H24N2O2S2. The van der Waals surface area contributed by atoms with Crippen LogP contribution in [0.5, 0.6) is 0 Å². The van der Waals surface area contributed by atoms with E-state index in [1.165, 1.54) is 0 Å². The molecule has 4 nitrogen and oxygen atoms in total. The number of rotatable bonds is 6. The van der Waals surface area contributed by atoms with Crippen LogP contribution >= 0.6 is 12.2 Å². The molecule has 0 heterocycles. The number of hydrogen-bond acceptors (Lipinski definition) is 3. The minimum Gasteiger partial charge on any atom is -0.392 e. The fourth-order valence-corrected chi connectivity index (χ4v) is 5.18. The number of thiocarbonyl (C=S) groups is 1. The SMILES string of the molecule is CCC1CCC(NS(=O)(=O)CC2CC2)(C(N)=S)CC1. The first-order chi connectivity index (χ1) is 8.87. The molecule has 2 aliphatic carbocycles. The normalized spacial score (nSPS) is 32.2. The molecule has 0 bridgehead atoms. The Balaban J connectivity index is 2.05. The lowest BCUT2D eigenvalue weighted by Crippen LogP contribution is -2.58. The van der Waals surface area contributed by atoms with Gasteiger partial charge in [0.25, 0.3) is 0 Å². The van der Waals surface area contributed by atoms with Crippen molar-refractivity contribution in [3.8, 4) is 0 Å². The minimum atomic E-state index is -3.26. The summed E-state index contributed by atoms with van der Waals surface area (Å²) in [5.41, 5.74) is 5.18. The molecule has 2 fully saturated rings. The summed E-state index contributed by atoms with van der Waals surface area (Å²) in [6, 6.07) is 0. The average Bonchev–Trinajstić information content (AvgIpc) is 3.12. The van der Waals surface area contributed by atoms with Crippen molar-refractivity contribution in [2.75, 3.05) is 5.75 Å². The van der Waals surface area contributed by atoms with E-state index in [-0.39, 0.29) is 5.75 Å². The van der Waals surface area contributed by atoms with Crippen LogP contribution < -0.4 is 10.5 Å². The highest BCUT2D eigenvalue weighted by Gasteiger charge is 2.41. The van der Waals surface area contributed by atoms with Gasteiger partial charge >= 0.3 is 0 Å². The van der Waals surface area contributed by atoms with Gasteiger partial charge in [0.1, 0.15) is 0 Å². The highest BCUT2D eigenvalue weighted by atomic mass is 32.2. The first kappa shape index (κ1) is 15.2. The van der Waals surface area contributed by atoms with Crippen molar-refractivity contribution < 1.29 is 8.42 Å². The van der Waals surface area contributed by atoms with Crippen LogP contribution in [0.4, 0.5) is 0 Å².